The van der Waals surface area contributed by atoms with Gasteiger partial charge in [-0.25, -0.2) is 0 Å². The first-order valence-corrected chi connectivity index (χ1v) is 6.87. The zero-order chi connectivity index (χ0) is 14.0. The van der Waals surface area contributed by atoms with Crippen molar-refractivity contribution in [3.8, 4) is 0 Å². The van der Waals surface area contributed by atoms with E-state index in [4.69, 9.17) is 5.73 Å². The Kier molecular flexibility index (Phi) is 3.76. The zero-order valence-corrected chi connectivity index (χ0v) is 12.6. The smallest absolute Gasteiger partial charge is 0.172 e. The number of halogens is 1. The van der Waals surface area contributed by atoms with Crippen LogP contribution in [0.3, 0.4) is 0 Å². The Morgan fingerprint density at radius 2 is 1.74 bits per heavy atom. The van der Waals surface area contributed by atoms with E-state index in [0.717, 1.165) is 10.0 Å². The van der Waals surface area contributed by atoms with E-state index in [1.165, 1.54) is 0 Å². The molecule has 2 N–H and O–H groups in total. The number of carbonyl (C=O) groups is 1. The van der Waals surface area contributed by atoms with Crippen molar-refractivity contribution in [2.45, 2.75) is 19.3 Å². The highest BCUT2D eigenvalue weighted by Gasteiger charge is 2.30. The maximum Gasteiger partial charge on any atom is 0.172 e. The summed E-state index contributed by atoms with van der Waals surface area (Å²) in [4.78, 5) is 12.7. The Labute approximate surface area is 121 Å². The lowest BCUT2D eigenvalue weighted by molar-refractivity contribution is 0.0908. The number of ketones is 1. The van der Waals surface area contributed by atoms with Gasteiger partial charge in [0.25, 0.3) is 0 Å². The molecule has 19 heavy (non-hydrogen) atoms. The largest absolute Gasteiger partial charge is 0.398 e. The van der Waals surface area contributed by atoms with Gasteiger partial charge in [0.1, 0.15) is 0 Å². The molecular weight excluding hydrogens is 302 g/mol. The predicted octanol–water partition coefficient (Wildman–Crippen LogP) is 4.19. The molecule has 0 aliphatic carbocycles. The van der Waals surface area contributed by atoms with Crippen molar-refractivity contribution < 1.29 is 4.79 Å². The second-order valence-corrected chi connectivity index (χ2v) is 5.91. The minimum atomic E-state index is -0.559. The monoisotopic (exact) mass is 317 g/mol. The van der Waals surface area contributed by atoms with E-state index >= 15 is 0 Å². The number of nitrogens with two attached hydrogens (primary N) is 1. The van der Waals surface area contributed by atoms with E-state index in [1.807, 2.05) is 44.2 Å². The Hall–Kier alpha value is -1.61. The van der Waals surface area contributed by atoms with E-state index in [2.05, 4.69) is 15.9 Å². The summed E-state index contributed by atoms with van der Waals surface area (Å²) in [5.74, 6) is 0.0828. The van der Waals surface area contributed by atoms with E-state index < -0.39 is 5.41 Å². The van der Waals surface area contributed by atoms with E-state index in [0.29, 0.717) is 11.3 Å². The lowest BCUT2D eigenvalue weighted by atomic mass is 9.78. The van der Waals surface area contributed by atoms with Gasteiger partial charge in [0, 0.05) is 15.7 Å². The molecule has 98 valence electrons. The number of rotatable bonds is 3. The summed E-state index contributed by atoms with van der Waals surface area (Å²) < 4.78 is 0.752. The number of anilines is 1. The molecule has 0 saturated heterocycles. The van der Waals surface area contributed by atoms with Gasteiger partial charge in [-0.2, -0.15) is 0 Å². The van der Waals surface area contributed by atoms with Crippen molar-refractivity contribution >= 4 is 27.4 Å². The number of hydrogen-bond donors (Lipinski definition) is 1. The molecule has 2 aromatic carbocycles. The van der Waals surface area contributed by atoms with Crippen molar-refractivity contribution in [2.75, 3.05) is 5.73 Å². The average molecular weight is 318 g/mol. The van der Waals surface area contributed by atoms with Crippen LogP contribution in [0, 0.1) is 0 Å². The highest BCUT2D eigenvalue weighted by atomic mass is 79.9. The minimum absolute atomic E-state index is 0.0828. The van der Waals surface area contributed by atoms with Gasteiger partial charge >= 0.3 is 0 Å². The van der Waals surface area contributed by atoms with Crippen molar-refractivity contribution in [3.05, 3.63) is 64.1 Å². The number of carbonyl (C=O) groups excluding carboxylic acids is 1. The third-order valence-electron chi connectivity index (χ3n) is 3.33. The minimum Gasteiger partial charge on any atom is -0.398 e. The van der Waals surface area contributed by atoms with E-state index in [1.54, 1.807) is 18.2 Å². The molecule has 0 aliphatic heterocycles. The summed E-state index contributed by atoms with van der Waals surface area (Å²) in [6, 6.07) is 15.1. The fraction of sp³-hybridized carbons (Fsp3) is 0.188. The quantitative estimate of drug-likeness (QED) is 0.681. The highest BCUT2D eigenvalue weighted by molar-refractivity contribution is 9.10. The van der Waals surface area contributed by atoms with Crippen LogP contribution in [0.2, 0.25) is 0 Å². The van der Waals surface area contributed by atoms with Crippen LogP contribution in [-0.4, -0.2) is 5.78 Å². The molecule has 0 spiro atoms. The van der Waals surface area contributed by atoms with Crippen LogP contribution in [0.1, 0.15) is 29.8 Å². The Balaban J connectivity index is 2.40. The molecule has 2 aromatic rings. The van der Waals surface area contributed by atoms with Gasteiger partial charge in [-0.1, -0.05) is 30.3 Å². The fourth-order valence-corrected chi connectivity index (χ4v) is 2.39. The van der Waals surface area contributed by atoms with Gasteiger partial charge in [0.2, 0.25) is 0 Å². The van der Waals surface area contributed by atoms with Crippen molar-refractivity contribution in [1.29, 1.82) is 0 Å². The summed E-state index contributed by atoms with van der Waals surface area (Å²) >= 11 is 3.36. The van der Waals surface area contributed by atoms with Gasteiger partial charge in [0.05, 0.1) is 5.41 Å². The second-order valence-electron chi connectivity index (χ2n) is 5.06. The summed E-state index contributed by atoms with van der Waals surface area (Å²) in [5.41, 5.74) is 7.49. The summed E-state index contributed by atoms with van der Waals surface area (Å²) in [7, 11) is 0. The number of nitrogen functional groups attached to an aromatic ring is 1. The molecule has 0 aromatic heterocycles. The first kappa shape index (κ1) is 13.8. The second kappa shape index (κ2) is 5.17. The average Bonchev–Trinajstić information content (AvgIpc) is 2.42. The summed E-state index contributed by atoms with van der Waals surface area (Å²) in [6.07, 6.45) is 0. The molecular formula is C16H16BrNO. The first-order chi connectivity index (χ1) is 8.93. The zero-order valence-electron chi connectivity index (χ0n) is 11.0. The van der Waals surface area contributed by atoms with Crippen LogP contribution in [-0.2, 0) is 5.41 Å². The summed E-state index contributed by atoms with van der Waals surface area (Å²) in [5, 5.41) is 0. The molecule has 0 amide bonds. The van der Waals surface area contributed by atoms with Crippen LogP contribution in [0.25, 0.3) is 0 Å². The van der Waals surface area contributed by atoms with Gasteiger partial charge in [0.15, 0.2) is 5.78 Å². The van der Waals surface area contributed by atoms with E-state index in [-0.39, 0.29) is 5.78 Å². The third kappa shape index (κ3) is 2.71. The van der Waals surface area contributed by atoms with Crippen LogP contribution < -0.4 is 5.73 Å². The molecule has 0 fully saturated rings. The molecule has 0 heterocycles. The topological polar surface area (TPSA) is 43.1 Å². The molecule has 2 nitrogen and oxygen atoms in total. The van der Waals surface area contributed by atoms with Crippen LogP contribution in [0.5, 0.6) is 0 Å². The molecule has 2 rings (SSSR count). The van der Waals surface area contributed by atoms with Gasteiger partial charge in [-0.05, 0) is 53.5 Å². The Morgan fingerprint density at radius 3 is 2.32 bits per heavy atom. The van der Waals surface area contributed by atoms with Crippen molar-refractivity contribution in [3.63, 3.8) is 0 Å². The van der Waals surface area contributed by atoms with Crippen LogP contribution in [0.4, 0.5) is 5.69 Å². The third-order valence-corrected chi connectivity index (χ3v) is 4.01. The predicted molar refractivity (Wildman–Crippen MR) is 82.4 cm³/mol. The molecule has 3 heteroatoms. The maximum absolute atomic E-state index is 12.7. The van der Waals surface area contributed by atoms with Crippen LogP contribution >= 0.6 is 15.9 Å². The molecule has 0 bridgehead atoms. The maximum atomic E-state index is 12.7. The van der Waals surface area contributed by atoms with Crippen molar-refractivity contribution in [1.82, 2.24) is 0 Å². The normalized spacial score (nSPS) is 11.3. The highest BCUT2D eigenvalue weighted by Crippen LogP contribution is 2.29. The fourth-order valence-electron chi connectivity index (χ4n) is 2.02. The molecule has 0 radical (unpaired) electrons. The molecule has 0 unspecified atom stereocenters. The Morgan fingerprint density at radius 1 is 1.11 bits per heavy atom. The van der Waals surface area contributed by atoms with Gasteiger partial charge < -0.3 is 5.73 Å². The van der Waals surface area contributed by atoms with Gasteiger partial charge in [-0.3, -0.25) is 4.79 Å². The van der Waals surface area contributed by atoms with Gasteiger partial charge in [-0.15, -0.1) is 0 Å². The molecule has 0 atom stereocenters. The molecule has 0 saturated carbocycles. The standard InChI is InChI=1S/C16H16BrNO/c1-16(2,12-6-4-3-5-7-12)15(19)11-8-9-14(18)13(17)10-11/h3-10H,18H2,1-2H3. The molecule has 0 aliphatic rings. The van der Waals surface area contributed by atoms with Crippen LogP contribution in [0.15, 0.2) is 53.0 Å². The number of hydrogen-bond acceptors (Lipinski definition) is 2. The lowest BCUT2D eigenvalue weighted by Gasteiger charge is -2.24. The first-order valence-electron chi connectivity index (χ1n) is 6.08. The number of benzene rings is 2. The number of Topliss-reactive ketones (excluding diaryl/α,β-unsaturated/α-hetero) is 1. The SMILES string of the molecule is CC(C)(C(=O)c1ccc(N)c(Br)c1)c1ccccc1. The van der Waals surface area contributed by atoms with Crippen molar-refractivity contribution in [2.24, 2.45) is 0 Å². The Bertz CT molecular complexity index is 605. The lowest BCUT2D eigenvalue weighted by Crippen LogP contribution is -2.29. The summed E-state index contributed by atoms with van der Waals surface area (Å²) in [6.45, 7) is 3.88. The van der Waals surface area contributed by atoms with E-state index in [9.17, 15) is 4.79 Å².